The molecule has 1 aliphatic heterocycles. The van der Waals surface area contributed by atoms with E-state index in [1.165, 1.54) is 50.8 Å². The Labute approximate surface area is 199 Å². The highest BCUT2D eigenvalue weighted by atomic mass is 32.2. The van der Waals surface area contributed by atoms with Crippen LogP contribution in [-0.4, -0.2) is 59.3 Å². The van der Waals surface area contributed by atoms with Gasteiger partial charge in [-0.25, -0.2) is 18.1 Å². The molecular weight excluding hydrogens is 476 g/mol. The number of hydrogen-bond donors (Lipinski definition) is 2. The summed E-state index contributed by atoms with van der Waals surface area (Å²) in [5, 5.41) is 18.5. The number of aromatic hydroxyl groups is 1. The van der Waals surface area contributed by atoms with Crippen molar-refractivity contribution in [2.75, 3.05) is 14.2 Å². The first-order chi connectivity index (χ1) is 16.8. The van der Waals surface area contributed by atoms with Crippen LogP contribution >= 0.6 is 0 Å². The molecule has 0 saturated heterocycles. The number of benzene rings is 1. The van der Waals surface area contributed by atoms with E-state index in [0.717, 1.165) is 4.57 Å². The highest BCUT2D eigenvalue weighted by Crippen LogP contribution is 2.34. The Kier molecular flexibility index (Phi) is 6.47. The molecule has 1 aromatic carbocycles. The lowest BCUT2D eigenvalue weighted by Gasteiger charge is -2.15. The average Bonchev–Trinajstić information content (AvgIpc) is 3.28. The Morgan fingerprint density at radius 2 is 1.97 bits per heavy atom. The predicted octanol–water partition coefficient (Wildman–Crippen LogP) is 1.35. The normalized spacial score (nSPS) is 12.6. The molecule has 0 spiro atoms. The molecule has 12 nitrogen and oxygen atoms in total. The van der Waals surface area contributed by atoms with E-state index >= 15 is 0 Å². The number of methoxy groups -OCH3 is 2. The van der Waals surface area contributed by atoms with Crippen molar-refractivity contribution in [3.63, 3.8) is 0 Å². The summed E-state index contributed by atoms with van der Waals surface area (Å²) in [6.07, 6.45) is 2.87. The van der Waals surface area contributed by atoms with E-state index in [-0.39, 0.29) is 40.3 Å². The molecule has 0 fully saturated rings. The summed E-state index contributed by atoms with van der Waals surface area (Å²) >= 11 is 0. The second-order valence-corrected chi connectivity index (χ2v) is 8.66. The summed E-state index contributed by atoms with van der Waals surface area (Å²) in [5.41, 5.74) is 5.75. The van der Waals surface area contributed by atoms with Gasteiger partial charge in [-0.15, -0.1) is 10.2 Å². The van der Waals surface area contributed by atoms with Crippen molar-refractivity contribution in [2.45, 2.75) is 5.75 Å². The maximum absolute atomic E-state index is 13.1. The van der Waals surface area contributed by atoms with Crippen LogP contribution in [0, 0.1) is 0 Å². The molecule has 0 unspecified atom stereocenters. The molecule has 35 heavy (non-hydrogen) atoms. The first-order valence-corrected chi connectivity index (χ1v) is 11.6. The van der Waals surface area contributed by atoms with Crippen molar-refractivity contribution in [3.8, 4) is 17.2 Å². The fourth-order valence-electron chi connectivity index (χ4n) is 3.14. The zero-order valence-electron chi connectivity index (χ0n) is 18.5. The third-order valence-corrected chi connectivity index (χ3v) is 5.80. The number of carbonyl (C=O) groups is 1. The van der Waals surface area contributed by atoms with E-state index in [9.17, 15) is 18.3 Å². The van der Waals surface area contributed by atoms with Gasteiger partial charge in [0.25, 0.3) is 0 Å². The van der Waals surface area contributed by atoms with Gasteiger partial charge >= 0.3 is 5.91 Å². The molecule has 2 N–H and O–H groups in total. The lowest BCUT2D eigenvalue weighted by Crippen LogP contribution is -2.33. The third-order valence-electron chi connectivity index (χ3n) is 4.63. The molecule has 0 bridgehead atoms. The fourth-order valence-corrected chi connectivity index (χ4v) is 4.15. The van der Waals surface area contributed by atoms with E-state index in [0.29, 0.717) is 0 Å². The van der Waals surface area contributed by atoms with Crippen molar-refractivity contribution < 1.29 is 27.8 Å². The second-order valence-electron chi connectivity index (χ2n) is 6.94. The van der Waals surface area contributed by atoms with Crippen molar-refractivity contribution in [2.24, 2.45) is 4.99 Å². The van der Waals surface area contributed by atoms with Crippen molar-refractivity contribution in [1.29, 1.82) is 0 Å². The maximum atomic E-state index is 13.1. The fraction of sp³-hybridized carbons (Fsp3) is 0.136. The molecule has 1 aliphatic rings. The van der Waals surface area contributed by atoms with Crippen molar-refractivity contribution in [1.82, 2.24) is 24.5 Å². The number of pyridine rings is 1. The van der Waals surface area contributed by atoms with Gasteiger partial charge in [0.05, 0.1) is 26.0 Å². The Hall–Kier alpha value is -4.70. The number of phenolic OH excluding ortho intramolecular Hbond substituents is 1. The molecule has 0 radical (unpaired) electrons. The summed E-state index contributed by atoms with van der Waals surface area (Å²) in [6, 6.07) is 9.20. The lowest BCUT2D eigenvalue weighted by atomic mass is 10.2. The minimum absolute atomic E-state index is 0.0136. The van der Waals surface area contributed by atoms with E-state index in [4.69, 9.17) is 9.47 Å². The molecule has 2 aromatic heterocycles. The maximum Gasteiger partial charge on any atom is 0.303 e. The number of hydrogen-bond acceptors (Lipinski definition) is 10. The van der Waals surface area contributed by atoms with Gasteiger partial charge in [-0.2, -0.15) is 0 Å². The van der Waals surface area contributed by atoms with Crippen LogP contribution in [0.2, 0.25) is 0 Å². The first kappa shape index (κ1) is 23.5. The molecule has 3 heterocycles. The summed E-state index contributed by atoms with van der Waals surface area (Å²) in [5.74, 6) is -2.10. The largest absolute Gasteiger partial charge is 0.506 e. The number of nitrogens with one attached hydrogen (secondary N) is 1. The standard InChI is InChI=1S/C22H18N6O6S/c1-33-17-10-6-9-16(29)19(17)28-20(15-8-5-11-18(24-15)34-2)25-26-21(28)22(30)27-35(31,32)13-14-7-3-4-12-23-14/h3-4,6-7,9-12,29H,13H2,1-2H3,(H,27,30). The van der Waals surface area contributed by atoms with E-state index in [2.05, 4.69) is 31.6 Å². The zero-order chi connectivity index (χ0) is 25.0. The smallest absolute Gasteiger partial charge is 0.303 e. The van der Waals surface area contributed by atoms with Gasteiger partial charge in [0.1, 0.15) is 22.9 Å². The number of amides is 1. The predicted molar refractivity (Wildman–Crippen MR) is 123 cm³/mol. The van der Waals surface area contributed by atoms with Gasteiger partial charge in [-0.05, 0) is 30.0 Å². The van der Waals surface area contributed by atoms with Crippen LogP contribution in [0.25, 0.3) is 11.4 Å². The van der Waals surface area contributed by atoms with Crippen LogP contribution in [0.5, 0.6) is 11.5 Å². The van der Waals surface area contributed by atoms with Gasteiger partial charge in [0.2, 0.25) is 21.7 Å². The van der Waals surface area contributed by atoms with Crippen molar-refractivity contribution >= 4 is 27.5 Å². The van der Waals surface area contributed by atoms with Gasteiger partial charge in [-0.3, -0.25) is 14.3 Å². The summed E-state index contributed by atoms with van der Waals surface area (Å²) < 4.78 is 38.8. The molecule has 178 valence electrons. The van der Waals surface area contributed by atoms with Gasteiger partial charge in [-0.1, -0.05) is 17.9 Å². The summed E-state index contributed by atoms with van der Waals surface area (Å²) in [7, 11) is -1.39. The topological polar surface area (TPSA) is 158 Å². The van der Waals surface area contributed by atoms with Gasteiger partial charge < -0.3 is 14.6 Å². The molecule has 0 saturated carbocycles. The first-order valence-electron chi connectivity index (χ1n) is 9.94. The van der Waals surface area contributed by atoms with Crippen LogP contribution in [0.15, 0.2) is 65.1 Å². The summed E-state index contributed by atoms with van der Waals surface area (Å²) in [6.45, 7) is 0. The number of nitrogens with zero attached hydrogens (tertiary/aromatic N) is 5. The lowest BCUT2D eigenvalue weighted by molar-refractivity contribution is 0.0969. The number of phenols is 1. The Balaban J connectivity index is 1.82. The quantitative estimate of drug-likeness (QED) is 0.462. The molecular formula is C22H18N6O6S. The molecule has 3 aromatic rings. The van der Waals surface area contributed by atoms with E-state index in [1.807, 2.05) is 4.72 Å². The van der Waals surface area contributed by atoms with Crippen LogP contribution in [0.3, 0.4) is 0 Å². The highest BCUT2D eigenvalue weighted by Gasteiger charge is 2.29. The van der Waals surface area contributed by atoms with E-state index in [1.54, 1.807) is 12.1 Å². The number of aromatic nitrogens is 4. The average molecular weight is 494 g/mol. The number of rotatable bonds is 7. The Bertz CT molecular complexity index is 1530. The number of sulfonamides is 1. The molecule has 4 rings (SSSR count). The van der Waals surface area contributed by atoms with Crippen molar-refractivity contribution in [3.05, 3.63) is 77.5 Å². The van der Waals surface area contributed by atoms with Crippen LogP contribution < -0.4 is 9.46 Å². The number of aliphatic imine (C=N–C) groups is 1. The minimum Gasteiger partial charge on any atom is -0.506 e. The number of para-hydroxylation sites is 1. The monoisotopic (exact) mass is 494 g/mol. The zero-order valence-corrected chi connectivity index (χ0v) is 19.3. The van der Waals surface area contributed by atoms with Gasteiger partial charge in [0, 0.05) is 6.20 Å². The van der Waals surface area contributed by atoms with Crippen LogP contribution in [-0.2, 0) is 20.5 Å². The molecule has 1 amide bonds. The highest BCUT2D eigenvalue weighted by molar-refractivity contribution is 7.89. The Morgan fingerprint density at radius 3 is 2.69 bits per heavy atom. The molecule has 0 atom stereocenters. The van der Waals surface area contributed by atoms with Crippen LogP contribution in [0.4, 0.5) is 0 Å². The molecule has 13 heteroatoms. The van der Waals surface area contributed by atoms with Gasteiger partial charge in [0.15, 0.2) is 11.5 Å². The second kappa shape index (κ2) is 9.65. The minimum atomic E-state index is -4.16. The third kappa shape index (κ3) is 4.97. The van der Waals surface area contributed by atoms with Crippen LogP contribution in [0.1, 0.15) is 22.1 Å². The molecule has 0 aliphatic carbocycles. The SMILES string of the molecule is COC1=NC(c2nnc(C(=O)NS(=O)(=O)Cc3ccccn3)n2-c2c(O)cccc2OC)=C=C=C1. The Morgan fingerprint density at radius 1 is 1.14 bits per heavy atom. The summed E-state index contributed by atoms with van der Waals surface area (Å²) in [4.78, 5) is 21.3. The number of ether oxygens (including phenoxy) is 2. The number of carbonyl (C=O) groups excluding carboxylic acids is 1. The van der Waals surface area contributed by atoms with E-state index < -0.39 is 27.5 Å².